The molecule has 124 valence electrons. The first-order chi connectivity index (χ1) is 11.0. The molecule has 0 bridgehead atoms. The van der Waals surface area contributed by atoms with Crippen LogP contribution in [0, 0.1) is 5.92 Å². The zero-order valence-electron chi connectivity index (χ0n) is 14.0. The zero-order chi connectivity index (χ0) is 16.8. The quantitative estimate of drug-likeness (QED) is 0.626. The summed E-state index contributed by atoms with van der Waals surface area (Å²) in [5, 5.41) is 2.95. The van der Waals surface area contributed by atoms with Crippen LogP contribution in [0.2, 0.25) is 0 Å². The Morgan fingerprint density at radius 3 is 2.52 bits per heavy atom. The highest BCUT2D eigenvalue weighted by atomic mass is 16.5. The standard InChI is InChI=1S/C19H25NO3/c1-13(2)12-23-18-10-9-16(14(3)21)11-17(18)20-19(22)15-7-5-4-6-8-15/h9-11,15H,1,4-8,12H2,2-3H3,(H,20,22). The van der Waals surface area contributed by atoms with E-state index in [2.05, 4.69) is 11.9 Å². The number of amides is 1. The van der Waals surface area contributed by atoms with Crippen molar-refractivity contribution in [3.8, 4) is 5.75 Å². The average Bonchev–Trinajstić information content (AvgIpc) is 2.54. The molecule has 1 fully saturated rings. The van der Waals surface area contributed by atoms with Gasteiger partial charge in [0.05, 0.1) is 5.69 Å². The van der Waals surface area contributed by atoms with Gasteiger partial charge < -0.3 is 10.1 Å². The summed E-state index contributed by atoms with van der Waals surface area (Å²) in [4.78, 5) is 24.1. The fraction of sp³-hybridized carbons (Fsp3) is 0.474. The van der Waals surface area contributed by atoms with Gasteiger partial charge in [-0.2, -0.15) is 0 Å². The molecular formula is C19H25NO3. The van der Waals surface area contributed by atoms with Gasteiger partial charge in [0, 0.05) is 11.5 Å². The van der Waals surface area contributed by atoms with Crippen molar-refractivity contribution in [2.45, 2.75) is 46.0 Å². The van der Waals surface area contributed by atoms with Gasteiger partial charge in [0.25, 0.3) is 0 Å². The molecule has 2 rings (SSSR count). The predicted molar refractivity (Wildman–Crippen MR) is 92.0 cm³/mol. The van der Waals surface area contributed by atoms with Crippen molar-refractivity contribution < 1.29 is 14.3 Å². The Kier molecular flexibility index (Phi) is 5.97. The summed E-state index contributed by atoms with van der Waals surface area (Å²) in [6, 6.07) is 5.14. The molecule has 0 spiro atoms. The van der Waals surface area contributed by atoms with Crippen molar-refractivity contribution in [2.75, 3.05) is 11.9 Å². The number of hydrogen-bond donors (Lipinski definition) is 1. The van der Waals surface area contributed by atoms with Crippen LogP contribution in [0.5, 0.6) is 5.75 Å². The van der Waals surface area contributed by atoms with E-state index in [0.29, 0.717) is 23.6 Å². The van der Waals surface area contributed by atoms with Crippen LogP contribution in [0.4, 0.5) is 5.69 Å². The summed E-state index contributed by atoms with van der Waals surface area (Å²) >= 11 is 0. The molecule has 1 aliphatic carbocycles. The lowest BCUT2D eigenvalue weighted by Crippen LogP contribution is -2.25. The smallest absolute Gasteiger partial charge is 0.227 e. The molecule has 1 aromatic rings. The SMILES string of the molecule is C=C(C)COc1ccc(C(C)=O)cc1NC(=O)C1CCCCC1. The van der Waals surface area contributed by atoms with Crippen molar-refractivity contribution >= 4 is 17.4 Å². The molecular weight excluding hydrogens is 290 g/mol. The number of anilines is 1. The first-order valence-corrected chi connectivity index (χ1v) is 8.20. The van der Waals surface area contributed by atoms with Crippen molar-refractivity contribution in [1.82, 2.24) is 0 Å². The minimum atomic E-state index is -0.0374. The van der Waals surface area contributed by atoms with Gasteiger partial charge >= 0.3 is 0 Å². The summed E-state index contributed by atoms with van der Waals surface area (Å²) in [6.45, 7) is 7.58. The molecule has 1 aromatic carbocycles. The number of rotatable bonds is 6. The maximum Gasteiger partial charge on any atom is 0.227 e. The number of carbonyl (C=O) groups is 2. The van der Waals surface area contributed by atoms with Crippen LogP contribution in [-0.2, 0) is 4.79 Å². The van der Waals surface area contributed by atoms with E-state index >= 15 is 0 Å². The van der Waals surface area contributed by atoms with Crippen LogP contribution >= 0.6 is 0 Å². The number of Topliss-reactive ketones (excluding diaryl/α,β-unsaturated/α-hetero) is 1. The summed E-state index contributed by atoms with van der Waals surface area (Å²) in [7, 11) is 0. The largest absolute Gasteiger partial charge is 0.487 e. The van der Waals surface area contributed by atoms with E-state index in [9.17, 15) is 9.59 Å². The van der Waals surface area contributed by atoms with Crippen LogP contribution < -0.4 is 10.1 Å². The summed E-state index contributed by atoms with van der Waals surface area (Å²) in [5.41, 5.74) is 2.02. The van der Waals surface area contributed by atoms with Gasteiger partial charge in [-0.05, 0) is 50.5 Å². The first kappa shape index (κ1) is 17.3. The van der Waals surface area contributed by atoms with Crippen LogP contribution in [0.1, 0.15) is 56.3 Å². The first-order valence-electron chi connectivity index (χ1n) is 8.20. The van der Waals surface area contributed by atoms with Crippen LogP contribution in [-0.4, -0.2) is 18.3 Å². The fourth-order valence-electron chi connectivity index (χ4n) is 2.77. The summed E-state index contributed by atoms with van der Waals surface area (Å²) < 4.78 is 5.70. The molecule has 0 atom stereocenters. The molecule has 0 radical (unpaired) electrons. The number of benzene rings is 1. The number of hydrogen-bond acceptors (Lipinski definition) is 3. The van der Waals surface area contributed by atoms with Gasteiger partial charge in [-0.3, -0.25) is 9.59 Å². The highest BCUT2D eigenvalue weighted by Gasteiger charge is 2.22. The second kappa shape index (κ2) is 7.95. The number of carbonyl (C=O) groups excluding carboxylic acids is 2. The van der Waals surface area contributed by atoms with E-state index in [1.807, 2.05) is 6.92 Å². The van der Waals surface area contributed by atoms with E-state index in [0.717, 1.165) is 31.3 Å². The van der Waals surface area contributed by atoms with E-state index in [4.69, 9.17) is 4.74 Å². The van der Waals surface area contributed by atoms with E-state index < -0.39 is 0 Å². The van der Waals surface area contributed by atoms with Gasteiger partial charge in [-0.25, -0.2) is 0 Å². The molecule has 0 aliphatic heterocycles. The Hall–Kier alpha value is -2.10. The molecule has 4 nitrogen and oxygen atoms in total. The molecule has 1 amide bonds. The third-order valence-corrected chi connectivity index (χ3v) is 4.09. The van der Waals surface area contributed by atoms with Gasteiger partial charge in [0.15, 0.2) is 5.78 Å². The minimum absolute atomic E-state index is 0.0191. The van der Waals surface area contributed by atoms with Crippen LogP contribution in [0.25, 0.3) is 0 Å². The monoisotopic (exact) mass is 315 g/mol. The Balaban J connectivity index is 2.18. The van der Waals surface area contributed by atoms with E-state index in [1.165, 1.54) is 13.3 Å². The minimum Gasteiger partial charge on any atom is -0.487 e. The van der Waals surface area contributed by atoms with E-state index in [-0.39, 0.29) is 17.6 Å². The van der Waals surface area contributed by atoms with Crippen molar-refractivity contribution in [3.05, 3.63) is 35.9 Å². The second-order valence-electron chi connectivity index (χ2n) is 6.34. The maximum absolute atomic E-state index is 12.5. The third-order valence-electron chi connectivity index (χ3n) is 4.09. The lowest BCUT2D eigenvalue weighted by molar-refractivity contribution is -0.120. The second-order valence-corrected chi connectivity index (χ2v) is 6.34. The molecule has 0 heterocycles. The Morgan fingerprint density at radius 2 is 1.91 bits per heavy atom. The normalized spacial score (nSPS) is 15.0. The molecule has 1 aliphatic rings. The molecule has 1 saturated carbocycles. The highest BCUT2D eigenvalue weighted by Crippen LogP contribution is 2.30. The van der Waals surface area contributed by atoms with Crippen molar-refractivity contribution in [1.29, 1.82) is 0 Å². The van der Waals surface area contributed by atoms with Crippen molar-refractivity contribution in [2.24, 2.45) is 5.92 Å². The predicted octanol–water partition coefficient (Wildman–Crippen LogP) is 4.36. The lowest BCUT2D eigenvalue weighted by Gasteiger charge is -2.22. The summed E-state index contributed by atoms with van der Waals surface area (Å²) in [6.07, 6.45) is 5.27. The molecule has 1 N–H and O–H groups in total. The fourth-order valence-corrected chi connectivity index (χ4v) is 2.77. The third kappa shape index (κ3) is 4.95. The van der Waals surface area contributed by atoms with Crippen molar-refractivity contribution in [3.63, 3.8) is 0 Å². The maximum atomic E-state index is 12.5. The molecule has 0 unspecified atom stereocenters. The van der Waals surface area contributed by atoms with E-state index in [1.54, 1.807) is 18.2 Å². The number of ether oxygens (including phenoxy) is 1. The Morgan fingerprint density at radius 1 is 1.22 bits per heavy atom. The van der Waals surface area contributed by atoms with Gasteiger partial charge in [0.1, 0.15) is 12.4 Å². The highest BCUT2D eigenvalue weighted by molar-refractivity contribution is 5.98. The van der Waals surface area contributed by atoms with Crippen LogP contribution in [0.15, 0.2) is 30.4 Å². The summed E-state index contributed by atoms with van der Waals surface area (Å²) in [5.74, 6) is 0.607. The average molecular weight is 315 g/mol. The van der Waals surface area contributed by atoms with Gasteiger partial charge in [0.2, 0.25) is 5.91 Å². The lowest BCUT2D eigenvalue weighted by atomic mass is 9.88. The Labute approximate surface area is 137 Å². The van der Waals surface area contributed by atoms with Gasteiger partial charge in [-0.1, -0.05) is 25.8 Å². The Bertz CT molecular complexity index is 601. The van der Waals surface area contributed by atoms with Crippen LogP contribution in [0.3, 0.4) is 0 Å². The number of ketones is 1. The molecule has 23 heavy (non-hydrogen) atoms. The van der Waals surface area contributed by atoms with Gasteiger partial charge in [-0.15, -0.1) is 0 Å². The zero-order valence-corrected chi connectivity index (χ0v) is 14.0. The number of nitrogens with one attached hydrogen (secondary N) is 1. The molecule has 0 saturated heterocycles. The molecule has 0 aromatic heterocycles. The topological polar surface area (TPSA) is 55.4 Å². The molecule has 4 heteroatoms.